The van der Waals surface area contributed by atoms with Crippen molar-refractivity contribution in [2.45, 2.75) is 19.6 Å². The number of rotatable bonds is 8. The van der Waals surface area contributed by atoms with Gasteiger partial charge in [-0.3, -0.25) is 0 Å². The summed E-state index contributed by atoms with van der Waals surface area (Å²) in [6.07, 6.45) is 2.45. The number of halogens is 1. The Hall–Kier alpha value is -1.85. The molecule has 0 saturated carbocycles. The molecule has 0 aliphatic carbocycles. The summed E-state index contributed by atoms with van der Waals surface area (Å²) in [5.41, 5.74) is 0.557. The second-order valence-corrected chi connectivity index (χ2v) is 4.44. The van der Waals surface area contributed by atoms with E-state index in [2.05, 4.69) is 5.32 Å². The minimum absolute atomic E-state index is 0.105. The van der Waals surface area contributed by atoms with Gasteiger partial charge in [0.2, 0.25) is 0 Å². The van der Waals surface area contributed by atoms with Crippen molar-refractivity contribution in [2.24, 2.45) is 0 Å². The lowest BCUT2D eigenvalue weighted by molar-refractivity contribution is 0.104. The summed E-state index contributed by atoms with van der Waals surface area (Å²) in [6, 6.07) is 7.62. The maximum Gasteiger partial charge on any atom is 0.129 e. The third kappa shape index (κ3) is 4.68. The smallest absolute Gasteiger partial charge is 0.129 e. The number of phenols is 1. The van der Waals surface area contributed by atoms with Crippen LogP contribution < -0.4 is 5.32 Å². The molecular formula is C15H18FNO3. The van der Waals surface area contributed by atoms with Crippen LogP contribution in [0.3, 0.4) is 0 Å². The molecular weight excluding hydrogens is 261 g/mol. The Bertz CT molecular complexity index is 514. The molecule has 2 aromatic rings. The normalized spacial score (nSPS) is 10.8. The standard InChI is InChI=1S/C15H18FNO3/c16-13-4-5-15(18)12(9-13)10-17-6-2-7-19-11-14-3-1-8-20-14/h1,3-5,8-9,17-18H,2,6-7,10-11H2. The molecule has 1 aromatic heterocycles. The van der Waals surface area contributed by atoms with Crippen molar-refractivity contribution in [3.05, 3.63) is 53.7 Å². The van der Waals surface area contributed by atoms with Crippen molar-refractivity contribution in [2.75, 3.05) is 13.2 Å². The van der Waals surface area contributed by atoms with Crippen molar-refractivity contribution >= 4 is 0 Å². The van der Waals surface area contributed by atoms with E-state index >= 15 is 0 Å². The molecule has 0 amide bonds. The maximum absolute atomic E-state index is 13.0. The summed E-state index contributed by atoms with van der Waals surface area (Å²) in [4.78, 5) is 0. The van der Waals surface area contributed by atoms with Gasteiger partial charge < -0.3 is 19.6 Å². The molecule has 5 heteroatoms. The molecule has 0 spiro atoms. The van der Waals surface area contributed by atoms with Crippen LogP contribution in [0.15, 0.2) is 41.0 Å². The van der Waals surface area contributed by atoms with Crippen LogP contribution in [-0.2, 0) is 17.9 Å². The maximum atomic E-state index is 13.0. The van der Waals surface area contributed by atoms with Gasteiger partial charge in [-0.05, 0) is 43.3 Å². The first-order valence-electron chi connectivity index (χ1n) is 6.54. The van der Waals surface area contributed by atoms with Crippen LogP contribution in [0.1, 0.15) is 17.7 Å². The fourth-order valence-corrected chi connectivity index (χ4v) is 1.79. The molecule has 0 saturated heterocycles. The van der Waals surface area contributed by atoms with Crippen molar-refractivity contribution in [1.82, 2.24) is 5.32 Å². The molecule has 20 heavy (non-hydrogen) atoms. The van der Waals surface area contributed by atoms with Gasteiger partial charge in [0.05, 0.1) is 6.26 Å². The topological polar surface area (TPSA) is 54.6 Å². The molecule has 1 heterocycles. The molecule has 0 fully saturated rings. The summed E-state index contributed by atoms with van der Waals surface area (Å²) in [5.74, 6) is 0.567. The molecule has 0 radical (unpaired) electrons. The number of nitrogens with one attached hydrogen (secondary N) is 1. The highest BCUT2D eigenvalue weighted by Gasteiger charge is 2.02. The van der Waals surface area contributed by atoms with Crippen LogP contribution in [-0.4, -0.2) is 18.3 Å². The highest BCUT2D eigenvalue weighted by molar-refractivity contribution is 5.32. The lowest BCUT2D eigenvalue weighted by atomic mass is 10.2. The molecule has 0 aliphatic rings. The van der Waals surface area contributed by atoms with Gasteiger partial charge in [-0.1, -0.05) is 0 Å². The van der Waals surface area contributed by atoms with E-state index in [0.717, 1.165) is 18.7 Å². The quantitative estimate of drug-likeness (QED) is 0.730. The van der Waals surface area contributed by atoms with Crippen molar-refractivity contribution in [3.8, 4) is 5.75 Å². The number of furan rings is 1. The summed E-state index contributed by atoms with van der Waals surface area (Å²) >= 11 is 0. The largest absolute Gasteiger partial charge is 0.508 e. The van der Waals surface area contributed by atoms with E-state index < -0.39 is 0 Å². The predicted molar refractivity (Wildman–Crippen MR) is 72.8 cm³/mol. The summed E-state index contributed by atoms with van der Waals surface area (Å²) in [7, 11) is 0. The SMILES string of the molecule is Oc1ccc(F)cc1CNCCCOCc1ccco1. The van der Waals surface area contributed by atoms with Crippen LogP contribution in [0.2, 0.25) is 0 Å². The number of benzene rings is 1. The Kier molecular flexibility index (Phi) is 5.58. The Morgan fingerprint density at radius 3 is 3.00 bits per heavy atom. The minimum atomic E-state index is -0.346. The summed E-state index contributed by atoms with van der Waals surface area (Å²) < 4.78 is 23.6. The monoisotopic (exact) mass is 279 g/mol. The van der Waals surface area contributed by atoms with Gasteiger partial charge in [-0.25, -0.2) is 4.39 Å². The van der Waals surface area contributed by atoms with Gasteiger partial charge in [-0.15, -0.1) is 0 Å². The van der Waals surface area contributed by atoms with Gasteiger partial charge in [0.1, 0.15) is 23.9 Å². The summed E-state index contributed by atoms with van der Waals surface area (Å²) in [6.45, 7) is 2.25. The Morgan fingerprint density at radius 2 is 2.20 bits per heavy atom. The summed E-state index contributed by atoms with van der Waals surface area (Å²) in [5, 5.41) is 12.7. The Balaban J connectivity index is 1.56. The molecule has 1 aromatic carbocycles. The van der Waals surface area contributed by atoms with E-state index in [0.29, 0.717) is 25.3 Å². The molecule has 2 rings (SSSR count). The first-order valence-corrected chi connectivity index (χ1v) is 6.54. The molecule has 0 aliphatic heterocycles. The van der Waals surface area contributed by atoms with Crippen LogP contribution in [0.25, 0.3) is 0 Å². The van der Waals surface area contributed by atoms with Crippen molar-refractivity contribution < 1.29 is 18.7 Å². The predicted octanol–water partition coefficient (Wildman–Crippen LogP) is 2.82. The minimum Gasteiger partial charge on any atom is -0.508 e. The Labute approximate surface area is 117 Å². The average Bonchev–Trinajstić information content (AvgIpc) is 2.94. The fraction of sp³-hybridized carbons (Fsp3) is 0.333. The van der Waals surface area contributed by atoms with E-state index in [1.807, 2.05) is 12.1 Å². The molecule has 4 nitrogen and oxygen atoms in total. The second-order valence-electron chi connectivity index (χ2n) is 4.44. The lowest BCUT2D eigenvalue weighted by Gasteiger charge is -2.07. The van der Waals surface area contributed by atoms with E-state index in [-0.39, 0.29) is 11.6 Å². The highest BCUT2D eigenvalue weighted by atomic mass is 19.1. The van der Waals surface area contributed by atoms with Crippen molar-refractivity contribution in [1.29, 1.82) is 0 Å². The lowest BCUT2D eigenvalue weighted by Crippen LogP contribution is -2.16. The van der Waals surface area contributed by atoms with Crippen LogP contribution >= 0.6 is 0 Å². The van der Waals surface area contributed by atoms with Crippen LogP contribution in [0.4, 0.5) is 4.39 Å². The number of phenolic OH excluding ortho intramolecular Hbond substituents is 1. The molecule has 0 bridgehead atoms. The number of ether oxygens (including phenoxy) is 1. The number of hydrogen-bond acceptors (Lipinski definition) is 4. The zero-order valence-corrected chi connectivity index (χ0v) is 11.1. The number of hydrogen-bond donors (Lipinski definition) is 2. The van der Waals surface area contributed by atoms with Gasteiger partial charge in [0.15, 0.2) is 0 Å². The van der Waals surface area contributed by atoms with E-state index in [1.54, 1.807) is 6.26 Å². The highest BCUT2D eigenvalue weighted by Crippen LogP contribution is 2.17. The first kappa shape index (κ1) is 14.6. The van der Waals surface area contributed by atoms with Gasteiger partial charge in [0, 0.05) is 18.7 Å². The molecule has 108 valence electrons. The molecule has 0 atom stereocenters. The van der Waals surface area contributed by atoms with Gasteiger partial charge in [-0.2, -0.15) is 0 Å². The first-order chi connectivity index (χ1) is 9.75. The van der Waals surface area contributed by atoms with E-state index in [4.69, 9.17) is 9.15 Å². The van der Waals surface area contributed by atoms with Crippen LogP contribution in [0, 0.1) is 5.82 Å². The van der Waals surface area contributed by atoms with E-state index in [1.165, 1.54) is 18.2 Å². The van der Waals surface area contributed by atoms with Gasteiger partial charge >= 0.3 is 0 Å². The third-order valence-electron chi connectivity index (χ3n) is 2.82. The molecule has 2 N–H and O–H groups in total. The van der Waals surface area contributed by atoms with Crippen LogP contribution in [0.5, 0.6) is 5.75 Å². The molecule has 0 unspecified atom stereocenters. The zero-order valence-electron chi connectivity index (χ0n) is 11.1. The average molecular weight is 279 g/mol. The zero-order chi connectivity index (χ0) is 14.2. The Morgan fingerprint density at radius 1 is 1.30 bits per heavy atom. The third-order valence-corrected chi connectivity index (χ3v) is 2.82. The van der Waals surface area contributed by atoms with Crippen molar-refractivity contribution in [3.63, 3.8) is 0 Å². The van der Waals surface area contributed by atoms with Gasteiger partial charge in [0.25, 0.3) is 0 Å². The number of aromatic hydroxyl groups is 1. The van der Waals surface area contributed by atoms with E-state index in [9.17, 15) is 9.50 Å². The second kappa shape index (κ2) is 7.67. The fourth-order valence-electron chi connectivity index (χ4n) is 1.79.